The van der Waals surface area contributed by atoms with Gasteiger partial charge in [0.2, 0.25) is 0 Å². The number of fused-ring (bicyclic) bond motifs is 1. The van der Waals surface area contributed by atoms with E-state index in [1.54, 1.807) is 12.1 Å². The Labute approximate surface area is 121 Å². The molecule has 0 amide bonds. The quantitative estimate of drug-likeness (QED) is 0.777. The van der Waals surface area contributed by atoms with E-state index in [1.807, 2.05) is 26.0 Å². The molecule has 110 valence electrons. The van der Waals surface area contributed by atoms with Gasteiger partial charge in [0.1, 0.15) is 0 Å². The molecule has 2 aromatic carbocycles. The Hall–Kier alpha value is -1.97. The fourth-order valence-corrected chi connectivity index (χ4v) is 3.12. The van der Waals surface area contributed by atoms with Crippen molar-refractivity contribution in [2.24, 2.45) is 0 Å². The molecular formula is C17H16F3N. The average Bonchev–Trinajstić information content (AvgIpc) is 2.81. The van der Waals surface area contributed by atoms with Crippen LogP contribution in [0.4, 0.5) is 18.9 Å². The SMILES string of the molecule is Cc1cc(C)c2c(c1)CC(c1ccccc1C(F)(F)F)N2. The molecule has 21 heavy (non-hydrogen) atoms. The van der Waals surface area contributed by atoms with Crippen LogP contribution >= 0.6 is 0 Å². The summed E-state index contributed by atoms with van der Waals surface area (Å²) < 4.78 is 39.4. The third kappa shape index (κ3) is 2.50. The number of anilines is 1. The molecule has 1 N–H and O–H groups in total. The van der Waals surface area contributed by atoms with Crippen LogP contribution in [0.5, 0.6) is 0 Å². The van der Waals surface area contributed by atoms with Gasteiger partial charge in [-0.05, 0) is 43.0 Å². The fourth-order valence-electron chi connectivity index (χ4n) is 3.12. The Morgan fingerprint density at radius 3 is 2.52 bits per heavy atom. The van der Waals surface area contributed by atoms with E-state index in [0.29, 0.717) is 12.0 Å². The van der Waals surface area contributed by atoms with Crippen LogP contribution in [0.2, 0.25) is 0 Å². The third-order valence-corrected chi connectivity index (χ3v) is 3.95. The fraction of sp³-hybridized carbons (Fsp3) is 0.294. The minimum absolute atomic E-state index is 0.318. The van der Waals surface area contributed by atoms with E-state index in [2.05, 4.69) is 5.32 Å². The molecule has 0 bridgehead atoms. The molecule has 1 unspecified atom stereocenters. The summed E-state index contributed by atoms with van der Waals surface area (Å²) in [6.07, 6.45) is -3.73. The minimum atomic E-state index is -4.32. The van der Waals surface area contributed by atoms with Crippen LogP contribution in [0.25, 0.3) is 0 Å². The molecule has 1 atom stereocenters. The number of hydrogen-bond acceptors (Lipinski definition) is 1. The summed E-state index contributed by atoms with van der Waals surface area (Å²) in [7, 11) is 0. The van der Waals surface area contributed by atoms with Gasteiger partial charge in [0.15, 0.2) is 0 Å². The van der Waals surface area contributed by atoms with Gasteiger partial charge in [-0.2, -0.15) is 13.2 Å². The Bertz CT molecular complexity index is 689. The standard InChI is InChI=1S/C17H16F3N/c1-10-7-11(2)16-12(8-10)9-15(21-16)13-5-3-4-6-14(13)17(18,19)20/h3-8,15,21H,9H2,1-2H3. The van der Waals surface area contributed by atoms with Crippen LogP contribution in [-0.4, -0.2) is 0 Å². The number of rotatable bonds is 1. The first-order valence-electron chi connectivity index (χ1n) is 6.89. The van der Waals surface area contributed by atoms with Gasteiger partial charge in [0.05, 0.1) is 11.6 Å². The monoisotopic (exact) mass is 291 g/mol. The van der Waals surface area contributed by atoms with Crippen molar-refractivity contribution in [3.8, 4) is 0 Å². The number of hydrogen-bond donors (Lipinski definition) is 1. The molecule has 0 saturated carbocycles. The van der Waals surface area contributed by atoms with E-state index in [0.717, 1.165) is 28.4 Å². The molecule has 0 spiro atoms. The van der Waals surface area contributed by atoms with E-state index < -0.39 is 11.7 Å². The summed E-state index contributed by atoms with van der Waals surface area (Å²) in [6, 6.07) is 9.58. The Morgan fingerprint density at radius 1 is 1.10 bits per heavy atom. The van der Waals surface area contributed by atoms with E-state index in [9.17, 15) is 13.2 Å². The number of nitrogens with one attached hydrogen (secondary N) is 1. The van der Waals surface area contributed by atoms with Crippen molar-refractivity contribution in [1.29, 1.82) is 0 Å². The first kappa shape index (κ1) is 14.0. The maximum absolute atomic E-state index is 13.1. The Balaban J connectivity index is 2.01. The van der Waals surface area contributed by atoms with E-state index in [-0.39, 0.29) is 6.04 Å². The van der Waals surface area contributed by atoms with Crippen molar-refractivity contribution in [1.82, 2.24) is 0 Å². The van der Waals surface area contributed by atoms with Crippen molar-refractivity contribution in [2.45, 2.75) is 32.5 Å². The van der Waals surface area contributed by atoms with Gasteiger partial charge >= 0.3 is 6.18 Å². The zero-order valence-electron chi connectivity index (χ0n) is 11.9. The van der Waals surface area contributed by atoms with Gasteiger partial charge in [-0.15, -0.1) is 0 Å². The summed E-state index contributed by atoms with van der Waals surface area (Å²) >= 11 is 0. The maximum atomic E-state index is 13.1. The second kappa shape index (κ2) is 4.79. The second-order valence-corrected chi connectivity index (χ2v) is 5.60. The highest BCUT2D eigenvalue weighted by atomic mass is 19.4. The molecule has 4 heteroatoms. The maximum Gasteiger partial charge on any atom is 0.416 e. The lowest BCUT2D eigenvalue weighted by molar-refractivity contribution is -0.138. The highest BCUT2D eigenvalue weighted by Crippen LogP contribution is 2.41. The lowest BCUT2D eigenvalue weighted by atomic mass is 9.96. The second-order valence-electron chi connectivity index (χ2n) is 5.60. The molecule has 0 radical (unpaired) electrons. The zero-order chi connectivity index (χ0) is 15.2. The summed E-state index contributed by atoms with van der Waals surface area (Å²) in [5.74, 6) is 0. The Kier molecular flexibility index (Phi) is 3.19. The van der Waals surface area contributed by atoms with Crippen LogP contribution in [0, 0.1) is 13.8 Å². The van der Waals surface area contributed by atoms with E-state index in [4.69, 9.17) is 0 Å². The van der Waals surface area contributed by atoms with Gasteiger partial charge in [-0.3, -0.25) is 0 Å². The normalized spacial score (nSPS) is 17.5. The van der Waals surface area contributed by atoms with Gasteiger partial charge in [0.25, 0.3) is 0 Å². The number of halogens is 3. The van der Waals surface area contributed by atoms with E-state index >= 15 is 0 Å². The van der Waals surface area contributed by atoms with Crippen molar-refractivity contribution >= 4 is 5.69 Å². The molecule has 0 saturated heterocycles. The van der Waals surface area contributed by atoms with Crippen molar-refractivity contribution < 1.29 is 13.2 Å². The number of benzene rings is 2. The van der Waals surface area contributed by atoms with Gasteiger partial charge in [0, 0.05) is 5.69 Å². The molecule has 1 heterocycles. The van der Waals surface area contributed by atoms with Crippen LogP contribution in [0.3, 0.4) is 0 Å². The molecule has 1 aliphatic heterocycles. The molecular weight excluding hydrogens is 275 g/mol. The summed E-state index contributed by atoms with van der Waals surface area (Å²) in [6.45, 7) is 3.99. The van der Waals surface area contributed by atoms with Crippen LogP contribution in [-0.2, 0) is 12.6 Å². The van der Waals surface area contributed by atoms with Crippen molar-refractivity contribution in [3.05, 3.63) is 64.2 Å². The smallest absolute Gasteiger partial charge is 0.377 e. The lowest BCUT2D eigenvalue weighted by Gasteiger charge is -2.18. The molecule has 1 aliphatic rings. The van der Waals surface area contributed by atoms with Gasteiger partial charge in [-0.1, -0.05) is 35.9 Å². The molecule has 0 aromatic heterocycles. The van der Waals surface area contributed by atoms with Crippen LogP contribution in [0.15, 0.2) is 36.4 Å². The molecule has 0 fully saturated rings. The summed E-state index contributed by atoms with van der Waals surface area (Å²) in [4.78, 5) is 0. The highest BCUT2D eigenvalue weighted by Gasteiger charge is 2.36. The van der Waals surface area contributed by atoms with Crippen LogP contribution in [0.1, 0.15) is 33.9 Å². The summed E-state index contributed by atoms with van der Waals surface area (Å²) in [5.41, 5.74) is 4.05. The first-order chi connectivity index (χ1) is 9.86. The van der Waals surface area contributed by atoms with Gasteiger partial charge < -0.3 is 5.32 Å². The molecule has 2 aromatic rings. The minimum Gasteiger partial charge on any atom is -0.377 e. The molecule has 0 aliphatic carbocycles. The predicted molar refractivity (Wildman–Crippen MR) is 77.4 cm³/mol. The van der Waals surface area contributed by atoms with Crippen LogP contribution < -0.4 is 5.32 Å². The molecule has 3 rings (SSSR count). The zero-order valence-corrected chi connectivity index (χ0v) is 11.9. The lowest BCUT2D eigenvalue weighted by Crippen LogP contribution is -2.15. The Morgan fingerprint density at radius 2 is 1.81 bits per heavy atom. The molecule has 1 nitrogen and oxygen atoms in total. The summed E-state index contributed by atoms with van der Waals surface area (Å²) in [5, 5.41) is 3.26. The topological polar surface area (TPSA) is 12.0 Å². The highest BCUT2D eigenvalue weighted by molar-refractivity contribution is 5.64. The number of aryl methyl sites for hydroxylation is 2. The number of alkyl halides is 3. The predicted octanol–water partition coefficient (Wildman–Crippen LogP) is 5.03. The first-order valence-corrected chi connectivity index (χ1v) is 6.89. The third-order valence-electron chi connectivity index (χ3n) is 3.95. The van der Waals surface area contributed by atoms with Crippen molar-refractivity contribution in [2.75, 3.05) is 5.32 Å². The largest absolute Gasteiger partial charge is 0.416 e. The van der Waals surface area contributed by atoms with Crippen molar-refractivity contribution in [3.63, 3.8) is 0 Å². The average molecular weight is 291 g/mol. The van der Waals surface area contributed by atoms with Gasteiger partial charge in [-0.25, -0.2) is 0 Å². The van der Waals surface area contributed by atoms with E-state index in [1.165, 1.54) is 6.07 Å².